The number of para-hydroxylation sites is 1. The van der Waals surface area contributed by atoms with Crippen molar-refractivity contribution in [3.63, 3.8) is 0 Å². The minimum absolute atomic E-state index is 0.349. The molecule has 1 aromatic carbocycles. The van der Waals surface area contributed by atoms with Gasteiger partial charge in [-0.2, -0.15) is 0 Å². The molecule has 1 amide bonds. The molecule has 0 aliphatic carbocycles. The second-order valence-corrected chi connectivity index (χ2v) is 6.12. The Kier molecular flexibility index (Phi) is 4.99. The molecule has 0 saturated heterocycles. The van der Waals surface area contributed by atoms with Crippen LogP contribution in [-0.2, 0) is 9.59 Å². The van der Waals surface area contributed by atoms with Crippen LogP contribution >= 0.6 is 0 Å². The Labute approximate surface area is 125 Å². The van der Waals surface area contributed by atoms with Crippen LogP contribution in [0.25, 0.3) is 0 Å². The highest BCUT2D eigenvalue weighted by atomic mass is 16.5. The van der Waals surface area contributed by atoms with Gasteiger partial charge in [-0.05, 0) is 46.8 Å². The number of aliphatic carboxylic acids is 1. The van der Waals surface area contributed by atoms with E-state index < -0.39 is 23.0 Å². The topological polar surface area (TPSA) is 75.6 Å². The van der Waals surface area contributed by atoms with Gasteiger partial charge in [-0.15, -0.1) is 0 Å². The Morgan fingerprint density at radius 1 is 1.14 bits per heavy atom. The van der Waals surface area contributed by atoms with Crippen LogP contribution in [0, 0.1) is 5.41 Å². The van der Waals surface area contributed by atoms with Gasteiger partial charge in [0.25, 0.3) is 5.91 Å². The number of benzene rings is 1. The number of nitrogens with one attached hydrogen (secondary N) is 1. The Morgan fingerprint density at radius 3 is 2.14 bits per heavy atom. The zero-order valence-corrected chi connectivity index (χ0v) is 13.1. The van der Waals surface area contributed by atoms with Crippen molar-refractivity contribution in [3.8, 4) is 5.75 Å². The largest absolute Gasteiger partial charge is 0.481 e. The number of hydrogen-bond donors (Lipinski definition) is 2. The van der Waals surface area contributed by atoms with E-state index in [1.54, 1.807) is 46.8 Å². The number of rotatable bonds is 6. The van der Waals surface area contributed by atoms with Gasteiger partial charge in [-0.3, -0.25) is 9.59 Å². The molecule has 0 aliphatic rings. The van der Waals surface area contributed by atoms with Gasteiger partial charge in [0.2, 0.25) is 0 Å². The van der Waals surface area contributed by atoms with Crippen LogP contribution in [0.2, 0.25) is 0 Å². The minimum atomic E-state index is -1.10. The number of ether oxygens (including phenoxy) is 1. The third-order valence-electron chi connectivity index (χ3n) is 3.96. The van der Waals surface area contributed by atoms with E-state index in [0.29, 0.717) is 5.75 Å². The summed E-state index contributed by atoms with van der Waals surface area (Å²) in [4.78, 5) is 23.5. The third-order valence-corrected chi connectivity index (χ3v) is 3.96. The number of amides is 1. The first kappa shape index (κ1) is 17.0. The standard InChI is InChI=1S/C16H23NO4/c1-11(21-12-9-7-6-8-10-12)13(18)17-16(4,5)15(2,3)14(19)20/h6-11H,1-5H3,(H,17,18)(H,19,20). The summed E-state index contributed by atoms with van der Waals surface area (Å²) in [6.45, 7) is 8.17. The summed E-state index contributed by atoms with van der Waals surface area (Å²) in [6.07, 6.45) is -0.712. The second-order valence-electron chi connectivity index (χ2n) is 6.12. The van der Waals surface area contributed by atoms with Gasteiger partial charge in [-0.1, -0.05) is 18.2 Å². The average Bonchev–Trinajstić information content (AvgIpc) is 2.38. The lowest BCUT2D eigenvalue weighted by Crippen LogP contribution is -2.59. The molecule has 1 aromatic rings. The van der Waals surface area contributed by atoms with E-state index in [4.69, 9.17) is 4.74 Å². The van der Waals surface area contributed by atoms with Crippen molar-refractivity contribution in [2.45, 2.75) is 46.3 Å². The first-order valence-corrected chi connectivity index (χ1v) is 6.85. The SMILES string of the molecule is CC(Oc1ccccc1)C(=O)NC(C)(C)C(C)(C)C(=O)O. The van der Waals surface area contributed by atoms with Gasteiger partial charge in [0.05, 0.1) is 11.0 Å². The Balaban J connectivity index is 2.74. The second kappa shape index (κ2) is 6.16. The van der Waals surface area contributed by atoms with E-state index in [1.165, 1.54) is 0 Å². The molecule has 2 N–H and O–H groups in total. The highest BCUT2D eigenvalue weighted by Gasteiger charge is 2.45. The van der Waals surface area contributed by atoms with Crippen LogP contribution in [0.4, 0.5) is 0 Å². The van der Waals surface area contributed by atoms with Gasteiger partial charge < -0.3 is 15.2 Å². The summed E-state index contributed by atoms with van der Waals surface area (Å²) in [5.74, 6) is -0.724. The third kappa shape index (κ3) is 3.97. The minimum Gasteiger partial charge on any atom is -0.481 e. The molecule has 1 unspecified atom stereocenters. The summed E-state index contributed by atoms with van der Waals surface area (Å²) in [6, 6.07) is 9.01. The van der Waals surface area contributed by atoms with Crippen LogP contribution in [-0.4, -0.2) is 28.6 Å². The molecule has 1 atom stereocenters. The van der Waals surface area contributed by atoms with Crippen LogP contribution in [0.15, 0.2) is 30.3 Å². The summed E-state index contributed by atoms with van der Waals surface area (Å²) in [5.41, 5.74) is -2.01. The maximum Gasteiger partial charge on any atom is 0.311 e. The summed E-state index contributed by atoms with van der Waals surface area (Å²) >= 11 is 0. The van der Waals surface area contributed by atoms with Gasteiger partial charge in [0.15, 0.2) is 6.10 Å². The van der Waals surface area contributed by atoms with Crippen LogP contribution in [0.5, 0.6) is 5.75 Å². The zero-order valence-electron chi connectivity index (χ0n) is 13.1. The van der Waals surface area contributed by atoms with Crippen molar-refractivity contribution >= 4 is 11.9 Å². The molecule has 0 fully saturated rings. The van der Waals surface area contributed by atoms with E-state index in [1.807, 2.05) is 18.2 Å². The van der Waals surface area contributed by atoms with E-state index >= 15 is 0 Å². The molecule has 5 nitrogen and oxygen atoms in total. The first-order valence-electron chi connectivity index (χ1n) is 6.85. The molecule has 0 bridgehead atoms. The van der Waals surface area contributed by atoms with Gasteiger partial charge >= 0.3 is 5.97 Å². The molecule has 0 heterocycles. The fraction of sp³-hybridized carbons (Fsp3) is 0.500. The van der Waals surface area contributed by atoms with Crippen LogP contribution in [0.1, 0.15) is 34.6 Å². The number of carboxylic acid groups (broad SMARTS) is 1. The molecule has 5 heteroatoms. The van der Waals surface area contributed by atoms with Crippen molar-refractivity contribution in [1.29, 1.82) is 0 Å². The number of carboxylic acids is 1. The molecular formula is C16H23NO4. The fourth-order valence-corrected chi connectivity index (χ4v) is 1.59. The first-order chi connectivity index (χ1) is 9.58. The zero-order chi connectivity index (χ0) is 16.3. The molecule has 0 saturated carbocycles. The molecule has 0 radical (unpaired) electrons. The van der Waals surface area contributed by atoms with E-state index in [-0.39, 0.29) is 5.91 Å². The number of hydrogen-bond acceptors (Lipinski definition) is 3. The fourth-order valence-electron chi connectivity index (χ4n) is 1.59. The van der Waals surface area contributed by atoms with Crippen molar-refractivity contribution < 1.29 is 19.4 Å². The highest BCUT2D eigenvalue weighted by molar-refractivity contribution is 5.83. The molecular weight excluding hydrogens is 270 g/mol. The van der Waals surface area contributed by atoms with Crippen molar-refractivity contribution in [3.05, 3.63) is 30.3 Å². The Morgan fingerprint density at radius 2 is 1.67 bits per heavy atom. The lowest BCUT2D eigenvalue weighted by atomic mass is 9.74. The number of carbonyl (C=O) groups excluding carboxylic acids is 1. The van der Waals surface area contributed by atoms with E-state index in [9.17, 15) is 14.7 Å². The summed E-state index contributed by atoms with van der Waals surface area (Å²) < 4.78 is 5.54. The molecule has 21 heavy (non-hydrogen) atoms. The van der Waals surface area contributed by atoms with Crippen molar-refractivity contribution in [2.24, 2.45) is 5.41 Å². The van der Waals surface area contributed by atoms with Crippen molar-refractivity contribution in [1.82, 2.24) is 5.32 Å². The highest BCUT2D eigenvalue weighted by Crippen LogP contribution is 2.30. The Hall–Kier alpha value is -2.04. The van der Waals surface area contributed by atoms with Gasteiger partial charge in [0, 0.05) is 0 Å². The van der Waals surface area contributed by atoms with Gasteiger partial charge in [0.1, 0.15) is 5.75 Å². The molecule has 116 valence electrons. The molecule has 0 aliphatic heterocycles. The Bertz CT molecular complexity index is 508. The predicted octanol–water partition coefficient (Wildman–Crippen LogP) is 2.46. The van der Waals surface area contributed by atoms with Crippen LogP contribution in [0.3, 0.4) is 0 Å². The quantitative estimate of drug-likeness (QED) is 0.844. The molecule has 1 rings (SSSR count). The molecule has 0 aromatic heterocycles. The lowest BCUT2D eigenvalue weighted by Gasteiger charge is -2.39. The monoisotopic (exact) mass is 293 g/mol. The number of carbonyl (C=O) groups is 2. The summed E-state index contributed by atoms with van der Waals surface area (Å²) in [7, 11) is 0. The predicted molar refractivity (Wildman–Crippen MR) is 80.2 cm³/mol. The van der Waals surface area contributed by atoms with Crippen molar-refractivity contribution in [2.75, 3.05) is 0 Å². The van der Waals surface area contributed by atoms with E-state index in [0.717, 1.165) is 0 Å². The van der Waals surface area contributed by atoms with Gasteiger partial charge in [-0.25, -0.2) is 0 Å². The maximum absolute atomic E-state index is 12.2. The van der Waals surface area contributed by atoms with Crippen LogP contribution < -0.4 is 10.1 Å². The molecule has 0 spiro atoms. The maximum atomic E-state index is 12.2. The summed E-state index contributed by atoms with van der Waals surface area (Å²) in [5, 5.41) is 12.0. The smallest absolute Gasteiger partial charge is 0.311 e. The normalized spacial score (nSPS) is 13.4. The average molecular weight is 293 g/mol. The van der Waals surface area contributed by atoms with E-state index in [2.05, 4.69) is 5.32 Å². The lowest BCUT2D eigenvalue weighted by molar-refractivity contribution is -0.152.